The van der Waals surface area contributed by atoms with Crippen molar-refractivity contribution in [1.29, 1.82) is 0 Å². The lowest BCUT2D eigenvalue weighted by Gasteiger charge is -2.18. The zero-order chi connectivity index (χ0) is 21.2. The highest BCUT2D eigenvalue weighted by Gasteiger charge is 2.28. The number of hydrogen-bond acceptors (Lipinski definition) is 4. The van der Waals surface area contributed by atoms with Crippen LogP contribution in [0.5, 0.6) is 5.75 Å². The van der Waals surface area contributed by atoms with E-state index in [-0.39, 0.29) is 24.4 Å². The lowest BCUT2D eigenvalue weighted by molar-refractivity contribution is -0.131. The van der Waals surface area contributed by atoms with E-state index in [1.165, 1.54) is 12.1 Å². The van der Waals surface area contributed by atoms with Gasteiger partial charge in [0.2, 0.25) is 5.91 Å². The van der Waals surface area contributed by atoms with Gasteiger partial charge in [0.15, 0.2) is 0 Å². The Kier molecular flexibility index (Phi) is 5.08. The van der Waals surface area contributed by atoms with Crippen molar-refractivity contribution in [1.82, 2.24) is 19.7 Å². The molecule has 7 heteroatoms. The number of amides is 1. The second-order valence-corrected chi connectivity index (χ2v) is 7.63. The number of benzene rings is 2. The van der Waals surface area contributed by atoms with Gasteiger partial charge in [-0.2, -0.15) is 5.10 Å². The Bertz CT molecular complexity index is 1220. The van der Waals surface area contributed by atoms with Crippen LogP contribution in [0.1, 0.15) is 6.42 Å². The molecule has 3 heterocycles. The summed E-state index contributed by atoms with van der Waals surface area (Å²) in [5, 5.41) is 5.31. The Labute approximate surface area is 178 Å². The van der Waals surface area contributed by atoms with Crippen LogP contribution >= 0.6 is 0 Å². The second kappa shape index (κ2) is 8.18. The summed E-state index contributed by atoms with van der Waals surface area (Å²) in [5.74, 6) is 0.459. The van der Waals surface area contributed by atoms with E-state index in [1.807, 2.05) is 35.2 Å². The van der Waals surface area contributed by atoms with E-state index in [2.05, 4.69) is 10.1 Å². The van der Waals surface area contributed by atoms with Crippen molar-refractivity contribution >= 4 is 16.8 Å². The summed E-state index contributed by atoms with van der Waals surface area (Å²) in [7, 11) is 0. The van der Waals surface area contributed by atoms with Crippen LogP contribution in [0.3, 0.4) is 0 Å². The molecule has 1 fully saturated rings. The zero-order valence-corrected chi connectivity index (χ0v) is 16.8. The Morgan fingerprint density at radius 3 is 2.81 bits per heavy atom. The third-order valence-electron chi connectivity index (χ3n) is 5.50. The summed E-state index contributed by atoms with van der Waals surface area (Å²) in [6.07, 6.45) is 5.95. The number of halogens is 1. The van der Waals surface area contributed by atoms with Crippen LogP contribution in [0.2, 0.25) is 0 Å². The molecule has 0 N–H and O–H groups in total. The Morgan fingerprint density at radius 2 is 1.94 bits per heavy atom. The van der Waals surface area contributed by atoms with Crippen molar-refractivity contribution in [3.05, 3.63) is 79.0 Å². The number of ether oxygens (including phenoxy) is 1. The number of carbonyl (C=O) groups excluding carboxylic acids is 1. The van der Waals surface area contributed by atoms with Crippen LogP contribution in [-0.2, 0) is 11.3 Å². The monoisotopic (exact) mass is 416 g/mol. The standard InChI is InChI=1S/C24H21FN4O2/c25-20-8-6-17(7-9-20)19-13-27-29(14-19)16-23(30)28-12-10-21(15-28)31-22-5-1-3-18-4-2-11-26-24(18)22/h1-9,11,13-14,21H,10,12,15-16H2. The highest BCUT2D eigenvalue weighted by molar-refractivity contribution is 5.84. The van der Waals surface area contributed by atoms with Gasteiger partial charge >= 0.3 is 0 Å². The lowest BCUT2D eigenvalue weighted by Crippen LogP contribution is -2.33. The normalized spacial score (nSPS) is 16.0. The summed E-state index contributed by atoms with van der Waals surface area (Å²) < 4.78 is 20.9. The predicted octanol–water partition coefficient (Wildman–Crippen LogP) is 3.92. The molecule has 1 saturated heterocycles. The van der Waals surface area contributed by atoms with Crippen LogP contribution in [0.25, 0.3) is 22.0 Å². The van der Waals surface area contributed by atoms with E-state index in [0.717, 1.165) is 34.2 Å². The van der Waals surface area contributed by atoms with E-state index < -0.39 is 0 Å². The number of carbonyl (C=O) groups is 1. The van der Waals surface area contributed by atoms with E-state index in [1.54, 1.807) is 35.4 Å². The first-order valence-electron chi connectivity index (χ1n) is 10.2. The van der Waals surface area contributed by atoms with Gasteiger partial charge in [-0.25, -0.2) is 4.39 Å². The SMILES string of the molecule is O=C(Cn1cc(-c2ccc(F)cc2)cn1)N1CCC(Oc2cccc3cccnc23)C1. The van der Waals surface area contributed by atoms with Gasteiger partial charge in [0.1, 0.15) is 29.7 Å². The van der Waals surface area contributed by atoms with Crippen molar-refractivity contribution in [3.8, 4) is 16.9 Å². The molecule has 156 valence electrons. The summed E-state index contributed by atoms with van der Waals surface area (Å²) in [5.41, 5.74) is 2.54. The van der Waals surface area contributed by atoms with Gasteiger partial charge in [0.25, 0.3) is 0 Å². The van der Waals surface area contributed by atoms with Gasteiger partial charge in [-0.1, -0.05) is 30.3 Å². The van der Waals surface area contributed by atoms with Crippen LogP contribution in [0.4, 0.5) is 4.39 Å². The van der Waals surface area contributed by atoms with Crippen molar-refractivity contribution < 1.29 is 13.9 Å². The van der Waals surface area contributed by atoms with Gasteiger partial charge in [-0.05, 0) is 29.8 Å². The fraction of sp³-hybridized carbons (Fsp3) is 0.208. The minimum atomic E-state index is -0.281. The molecule has 0 spiro atoms. The minimum Gasteiger partial charge on any atom is -0.486 e. The van der Waals surface area contributed by atoms with Gasteiger partial charge < -0.3 is 9.64 Å². The van der Waals surface area contributed by atoms with E-state index in [9.17, 15) is 9.18 Å². The van der Waals surface area contributed by atoms with Crippen molar-refractivity contribution in [2.75, 3.05) is 13.1 Å². The molecule has 1 aliphatic rings. The highest BCUT2D eigenvalue weighted by Crippen LogP contribution is 2.26. The molecule has 2 aromatic carbocycles. The van der Waals surface area contributed by atoms with Gasteiger partial charge in [0.05, 0.1) is 12.7 Å². The number of pyridine rings is 1. The molecular formula is C24H21FN4O2. The predicted molar refractivity (Wildman–Crippen MR) is 115 cm³/mol. The number of fused-ring (bicyclic) bond motifs is 1. The third kappa shape index (κ3) is 4.12. The molecule has 0 saturated carbocycles. The maximum atomic E-state index is 13.1. The van der Waals surface area contributed by atoms with Crippen LogP contribution < -0.4 is 4.74 Å². The first kappa shape index (κ1) is 19.2. The zero-order valence-electron chi connectivity index (χ0n) is 16.8. The second-order valence-electron chi connectivity index (χ2n) is 7.63. The molecule has 4 aromatic rings. The molecule has 1 aliphatic heterocycles. The third-order valence-corrected chi connectivity index (χ3v) is 5.50. The number of hydrogen-bond donors (Lipinski definition) is 0. The molecule has 1 atom stereocenters. The maximum Gasteiger partial charge on any atom is 0.244 e. The van der Waals surface area contributed by atoms with Gasteiger partial charge in [-0.15, -0.1) is 0 Å². The fourth-order valence-corrected chi connectivity index (χ4v) is 3.88. The molecule has 31 heavy (non-hydrogen) atoms. The molecule has 2 aromatic heterocycles. The number of rotatable bonds is 5. The number of para-hydroxylation sites is 1. The summed E-state index contributed by atoms with van der Waals surface area (Å²) in [6, 6.07) is 16.0. The topological polar surface area (TPSA) is 60.2 Å². The van der Waals surface area contributed by atoms with E-state index in [4.69, 9.17) is 4.74 Å². The molecule has 6 nitrogen and oxygen atoms in total. The number of nitrogens with zero attached hydrogens (tertiary/aromatic N) is 4. The smallest absolute Gasteiger partial charge is 0.244 e. The molecule has 0 radical (unpaired) electrons. The quantitative estimate of drug-likeness (QED) is 0.495. The molecule has 0 aliphatic carbocycles. The van der Waals surface area contributed by atoms with E-state index in [0.29, 0.717) is 13.1 Å². The van der Waals surface area contributed by atoms with Crippen molar-refractivity contribution in [2.45, 2.75) is 19.1 Å². The van der Waals surface area contributed by atoms with Crippen LogP contribution in [0.15, 0.2) is 73.2 Å². The average Bonchev–Trinajstić information content (AvgIpc) is 3.44. The fourth-order valence-electron chi connectivity index (χ4n) is 3.88. The van der Waals surface area contributed by atoms with Gasteiger partial charge in [-0.3, -0.25) is 14.5 Å². The Morgan fingerprint density at radius 1 is 1.10 bits per heavy atom. The van der Waals surface area contributed by atoms with Crippen molar-refractivity contribution in [2.24, 2.45) is 0 Å². The van der Waals surface area contributed by atoms with Crippen LogP contribution in [-0.4, -0.2) is 44.8 Å². The molecule has 1 unspecified atom stereocenters. The first-order valence-corrected chi connectivity index (χ1v) is 10.2. The maximum absolute atomic E-state index is 13.1. The van der Waals surface area contributed by atoms with Gasteiger partial charge in [0, 0.05) is 36.3 Å². The summed E-state index contributed by atoms with van der Waals surface area (Å²) in [4.78, 5) is 19.0. The van der Waals surface area contributed by atoms with Crippen molar-refractivity contribution in [3.63, 3.8) is 0 Å². The molecule has 0 bridgehead atoms. The number of likely N-dealkylation sites (tertiary alicyclic amines) is 1. The lowest BCUT2D eigenvalue weighted by atomic mass is 10.1. The summed E-state index contributed by atoms with van der Waals surface area (Å²) in [6.45, 7) is 1.34. The average molecular weight is 416 g/mol. The summed E-state index contributed by atoms with van der Waals surface area (Å²) >= 11 is 0. The Balaban J connectivity index is 1.21. The number of aromatic nitrogens is 3. The van der Waals surface area contributed by atoms with E-state index >= 15 is 0 Å². The molecule has 5 rings (SSSR count). The molecule has 1 amide bonds. The highest BCUT2D eigenvalue weighted by atomic mass is 19.1. The minimum absolute atomic E-state index is 0.00380. The first-order chi connectivity index (χ1) is 15.2. The molecular weight excluding hydrogens is 395 g/mol. The Hall–Kier alpha value is -3.74. The largest absolute Gasteiger partial charge is 0.486 e. The van der Waals surface area contributed by atoms with Crippen LogP contribution in [0, 0.1) is 5.82 Å².